The summed E-state index contributed by atoms with van der Waals surface area (Å²) in [6.45, 7) is 0.0608. The third-order valence-electron chi connectivity index (χ3n) is 3.16. The van der Waals surface area contributed by atoms with Gasteiger partial charge in [-0.15, -0.1) is 0 Å². The number of carbonyl (C=O) groups is 2. The number of carboxylic acid groups (broad SMARTS) is 1. The molecule has 0 bridgehead atoms. The van der Waals surface area contributed by atoms with Gasteiger partial charge < -0.3 is 19.3 Å². The maximum absolute atomic E-state index is 11.4. The predicted octanol–water partition coefficient (Wildman–Crippen LogP) is 1.04. The molecule has 0 aromatic heterocycles. The zero-order chi connectivity index (χ0) is 14.0. The molecule has 0 radical (unpaired) electrons. The number of methoxy groups -OCH3 is 2. The summed E-state index contributed by atoms with van der Waals surface area (Å²) in [6.07, 6.45) is 0. The van der Waals surface area contributed by atoms with E-state index in [4.69, 9.17) is 19.3 Å². The Balaban J connectivity index is 2.36. The van der Waals surface area contributed by atoms with Crippen LogP contribution in [0, 0.1) is 5.92 Å². The summed E-state index contributed by atoms with van der Waals surface area (Å²) in [6, 6.07) is 5.06. The van der Waals surface area contributed by atoms with E-state index in [9.17, 15) is 9.59 Å². The SMILES string of the molecule is COc1ccc([C@H]2COC(=O)[C@@H]2C(=O)O)cc1OC. The van der Waals surface area contributed by atoms with Crippen LogP contribution in [0.1, 0.15) is 11.5 Å². The van der Waals surface area contributed by atoms with Gasteiger partial charge in [-0.1, -0.05) is 6.07 Å². The third-order valence-corrected chi connectivity index (χ3v) is 3.16. The van der Waals surface area contributed by atoms with Crippen LogP contribution in [0.2, 0.25) is 0 Å². The van der Waals surface area contributed by atoms with Crippen molar-refractivity contribution >= 4 is 11.9 Å². The molecular formula is C13H14O6. The van der Waals surface area contributed by atoms with E-state index in [2.05, 4.69) is 0 Å². The van der Waals surface area contributed by atoms with Crippen molar-refractivity contribution in [3.05, 3.63) is 23.8 Å². The first-order chi connectivity index (χ1) is 9.08. The van der Waals surface area contributed by atoms with Gasteiger partial charge in [0.1, 0.15) is 0 Å². The van der Waals surface area contributed by atoms with Crippen LogP contribution in [0.25, 0.3) is 0 Å². The highest BCUT2D eigenvalue weighted by molar-refractivity contribution is 5.96. The molecule has 0 spiro atoms. The van der Waals surface area contributed by atoms with E-state index in [-0.39, 0.29) is 6.61 Å². The van der Waals surface area contributed by atoms with Crippen LogP contribution in [0.3, 0.4) is 0 Å². The third kappa shape index (κ3) is 2.33. The molecule has 19 heavy (non-hydrogen) atoms. The molecule has 0 unspecified atom stereocenters. The largest absolute Gasteiger partial charge is 0.493 e. The van der Waals surface area contributed by atoms with Crippen molar-refractivity contribution in [1.29, 1.82) is 0 Å². The Morgan fingerprint density at radius 3 is 2.58 bits per heavy atom. The van der Waals surface area contributed by atoms with Crippen LogP contribution < -0.4 is 9.47 Å². The molecule has 0 saturated carbocycles. The smallest absolute Gasteiger partial charge is 0.321 e. The van der Waals surface area contributed by atoms with Gasteiger partial charge in [-0.25, -0.2) is 0 Å². The van der Waals surface area contributed by atoms with E-state index in [0.717, 1.165) is 0 Å². The highest BCUT2D eigenvalue weighted by Gasteiger charge is 2.43. The van der Waals surface area contributed by atoms with Gasteiger partial charge in [0.2, 0.25) is 0 Å². The lowest BCUT2D eigenvalue weighted by molar-refractivity contribution is -0.152. The maximum atomic E-state index is 11.4. The van der Waals surface area contributed by atoms with Crippen LogP contribution in [0.15, 0.2) is 18.2 Å². The Bertz CT molecular complexity index is 510. The van der Waals surface area contributed by atoms with Gasteiger partial charge in [-0.3, -0.25) is 9.59 Å². The first-order valence-electron chi connectivity index (χ1n) is 5.70. The average Bonchev–Trinajstić information content (AvgIpc) is 2.79. The van der Waals surface area contributed by atoms with Crippen LogP contribution in [-0.4, -0.2) is 37.9 Å². The number of ether oxygens (including phenoxy) is 3. The molecule has 0 aliphatic carbocycles. The minimum Gasteiger partial charge on any atom is -0.493 e. The molecule has 1 aliphatic rings. The summed E-state index contributed by atoms with van der Waals surface area (Å²) >= 11 is 0. The molecular weight excluding hydrogens is 252 g/mol. The molecule has 102 valence electrons. The summed E-state index contributed by atoms with van der Waals surface area (Å²) in [7, 11) is 3.01. The predicted molar refractivity (Wildman–Crippen MR) is 64.4 cm³/mol. The highest BCUT2D eigenvalue weighted by Crippen LogP contribution is 2.36. The number of hydrogen-bond donors (Lipinski definition) is 1. The van der Waals surface area contributed by atoms with Gasteiger partial charge in [-0.2, -0.15) is 0 Å². The second kappa shape index (κ2) is 5.17. The van der Waals surface area contributed by atoms with Gasteiger partial charge in [-0.05, 0) is 17.7 Å². The van der Waals surface area contributed by atoms with E-state index < -0.39 is 23.8 Å². The zero-order valence-corrected chi connectivity index (χ0v) is 10.6. The number of rotatable bonds is 4. The standard InChI is InChI=1S/C13H14O6/c1-17-9-4-3-7(5-10(9)18-2)8-6-19-13(16)11(8)12(14)15/h3-5,8,11H,6H2,1-2H3,(H,14,15)/t8-,11+/m1/s1. The van der Waals surface area contributed by atoms with Crippen molar-refractivity contribution in [2.75, 3.05) is 20.8 Å². The number of hydrogen-bond acceptors (Lipinski definition) is 5. The molecule has 1 heterocycles. The lowest BCUT2D eigenvalue weighted by atomic mass is 9.88. The van der Waals surface area contributed by atoms with Gasteiger partial charge in [0, 0.05) is 5.92 Å². The average molecular weight is 266 g/mol. The number of carbonyl (C=O) groups excluding carboxylic acids is 1. The maximum Gasteiger partial charge on any atom is 0.321 e. The van der Waals surface area contributed by atoms with Crippen LogP contribution in [0.5, 0.6) is 11.5 Å². The van der Waals surface area contributed by atoms with Crippen molar-refractivity contribution < 1.29 is 28.9 Å². The van der Waals surface area contributed by atoms with Gasteiger partial charge in [0.15, 0.2) is 17.4 Å². The summed E-state index contributed by atoms with van der Waals surface area (Å²) in [4.78, 5) is 22.5. The fourth-order valence-corrected chi connectivity index (χ4v) is 2.17. The summed E-state index contributed by atoms with van der Waals surface area (Å²) < 4.78 is 15.1. The molecule has 1 fully saturated rings. The van der Waals surface area contributed by atoms with Gasteiger partial charge >= 0.3 is 11.9 Å². The van der Waals surface area contributed by atoms with E-state index in [1.54, 1.807) is 18.2 Å². The first kappa shape index (κ1) is 13.2. The zero-order valence-electron chi connectivity index (χ0n) is 10.6. The Hall–Kier alpha value is -2.24. The molecule has 1 aromatic carbocycles. The number of esters is 1. The first-order valence-corrected chi connectivity index (χ1v) is 5.70. The molecule has 0 amide bonds. The number of cyclic esters (lactones) is 1. The van der Waals surface area contributed by atoms with Gasteiger partial charge in [0.25, 0.3) is 0 Å². The summed E-state index contributed by atoms with van der Waals surface area (Å²) in [5.74, 6) is -2.52. The lowest BCUT2D eigenvalue weighted by Gasteiger charge is -2.14. The van der Waals surface area contributed by atoms with Crippen molar-refractivity contribution in [2.45, 2.75) is 5.92 Å². The van der Waals surface area contributed by atoms with E-state index >= 15 is 0 Å². The topological polar surface area (TPSA) is 82.1 Å². The van der Waals surface area contributed by atoms with Crippen LogP contribution in [-0.2, 0) is 14.3 Å². The fourth-order valence-electron chi connectivity index (χ4n) is 2.17. The van der Waals surface area contributed by atoms with Crippen molar-refractivity contribution in [1.82, 2.24) is 0 Å². The minimum absolute atomic E-state index is 0.0608. The second-order valence-corrected chi connectivity index (χ2v) is 4.17. The van der Waals surface area contributed by atoms with Gasteiger partial charge in [0.05, 0.1) is 20.8 Å². The number of benzene rings is 1. The molecule has 1 N–H and O–H groups in total. The molecule has 1 aliphatic heterocycles. The Labute approximate surface area is 109 Å². The second-order valence-electron chi connectivity index (χ2n) is 4.17. The molecule has 6 heteroatoms. The number of carboxylic acids is 1. The van der Waals surface area contributed by atoms with E-state index in [1.807, 2.05) is 0 Å². The summed E-state index contributed by atoms with van der Waals surface area (Å²) in [5.41, 5.74) is 0.677. The lowest BCUT2D eigenvalue weighted by Crippen LogP contribution is -2.24. The molecule has 2 atom stereocenters. The van der Waals surface area contributed by atoms with E-state index in [1.165, 1.54) is 14.2 Å². The Kier molecular flexibility index (Phi) is 3.59. The van der Waals surface area contributed by atoms with Crippen molar-refractivity contribution in [2.24, 2.45) is 5.92 Å². The Morgan fingerprint density at radius 1 is 1.32 bits per heavy atom. The molecule has 1 aromatic rings. The quantitative estimate of drug-likeness (QED) is 0.648. The minimum atomic E-state index is -1.18. The highest BCUT2D eigenvalue weighted by atomic mass is 16.5. The molecule has 2 rings (SSSR count). The Morgan fingerprint density at radius 2 is 2.00 bits per heavy atom. The van der Waals surface area contributed by atoms with Crippen molar-refractivity contribution in [3.8, 4) is 11.5 Å². The monoisotopic (exact) mass is 266 g/mol. The number of aliphatic carboxylic acids is 1. The molecule has 6 nitrogen and oxygen atoms in total. The van der Waals surface area contributed by atoms with Crippen LogP contribution in [0.4, 0.5) is 0 Å². The summed E-state index contributed by atoms with van der Waals surface area (Å²) in [5, 5.41) is 9.09. The normalized spacial score (nSPS) is 21.9. The fraction of sp³-hybridized carbons (Fsp3) is 0.385. The van der Waals surface area contributed by atoms with Crippen LogP contribution >= 0.6 is 0 Å². The van der Waals surface area contributed by atoms with E-state index in [0.29, 0.717) is 17.1 Å². The molecule has 1 saturated heterocycles. The van der Waals surface area contributed by atoms with Crippen molar-refractivity contribution in [3.63, 3.8) is 0 Å².